The first-order chi connectivity index (χ1) is 9.56. The molecule has 20 heavy (non-hydrogen) atoms. The third-order valence-electron chi connectivity index (χ3n) is 2.40. The molecule has 104 valence electrons. The van der Waals surface area contributed by atoms with Gasteiger partial charge in [0.05, 0.1) is 6.54 Å². The van der Waals surface area contributed by atoms with Gasteiger partial charge in [-0.25, -0.2) is 8.78 Å². The fraction of sp³-hybridized carbons (Fsp3) is 0.0769. The minimum atomic E-state index is -1.05. The fourth-order valence-corrected chi connectivity index (χ4v) is 2.07. The highest BCUT2D eigenvalue weighted by molar-refractivity contribution is 7.08. The van der Waals surface area contributed by atoms with E-state index in [1.165, 1.54) is 17.4 Å². The van der Waals surface area contributed by atoms with E-state index < -0.39 is 17.5 Å². The molecule has 4 nitrogen and oxygen atoms in total. The van der Waals surface area contributed by atoms with E-state index in [0.29, 0.717) is 5.56 Å². The Hall–Kier alpha value is -2.28. The molecule has 7 heteroatoms. The maximum atomic E-state index is 12.9. The summed E-state index contributed by atoms with van der Waals surface area (Å²) in [6.07, 6.45) is 0. The second-order valence-corrected chi connectivity index (χ2v) is 4.65. The Kier molecular flexibility index (Phi) is 4.41. The Morgan fingerprint density at radius 2 is 1.95 bits per heavy atom. The van der Waals surface area contributed by atoms with E-state index >= 15 is 0 Å². The molecule has 0 atom stereocenters. The van der Waals surface area contributed by atoms with E-state index in [4.69, 9.17) is 0 Å². The van der Waals surface area contributed by atoms with Crippen LogP contribution in [0.15, 0.2) is 35.0 Å². The number of hydrogen-bond donors (Lipinski definition) is 2. The predicted octanol–water partition coefficient (Wildman–Crippen LogP) is 2.39. The van der Waals surface area contributed by atoms with E-state index in [-0.39, 0.29) is 18.1 Å². The zero-order valence-corrected chi connectivity index (χ0v) is 11.0. The van der Waals surface area contributed by atoms with Crippen molar-refractivity contribution >= 4 is 28.8 Å². The van der Waals surface area contributed by atoms with Crippen molar-refractivity contribution in [3.8, 4) is 0 Å². The smallest absolute Gasteiger partial charge is 0.252 e. The van der Waals surface area contributed by atoms with Crippen LogP contribution in [0.3, 0.4) is 0 Å². The van der Waals surface area contributed by atoms with Gasteiger partial charge in [-0.15, -0.1) is 0 Å². The summed E-state index contributed by atoms with van der Waals surface area (Å²) in [5, 5.41) is 8.17. The minimum Gasteiger partial charge on any atom is -0.343 e. The largest absolute Gasteiger partial charge is 0.343 e. The molecular formula is C13H10F2N2O2S. The van der Waals surface area contributed by atoms with Crippen molar-refractivity contribution in [3.05, 3.63) is 52.2 Å². The molecular weight excluding hydrogens is 286 g/mol. The Bertz CT molecular complexity index is 629. The zero-order chi connectivity index (χ0) is 14.5. The molecule has 2 amide bonds. The highest BCUT2D eigenvalue weighted by atomic mass is 32.1. The number of halogens is 2. The number of amides is 2. The van der Waals surface area contributed by atoms with Crippen LogP contribution in [-0.4, -0.2) is 18.4 Å². The lowest BCUT2D eigenvalue weighted by Crippen LogP contribution is -2.32. The number of hydrogen-bond acceptors (Lipinski definition) is 3. The summed E-state index contributed by atoms with van der Waals surface area (Å²) in [4.78, 5) is 23.1. The van der Waals surface area contributed by atoms with Crippen LogP contribution in [0, 0.1) is 11.6 Å². The van der Waals surface area contributed by atoms with Gasteiger partial charge >= 0.3 is 0 Å². The first kappa shape index (κ1) is 14.1. The van der Waals surface area contributed by atoms with Gasteiger partial charge in [0.1, 0.15) is 0 Å². The number of benzene rings is 1. The van der Waals surface area contributed by atoms with Crippen LogP contribution in [0.25, 0.3) is 0 Å². The van der Waals surface area contributed by atoms with Gasteiger partial charge in [0, 0.05) is 22.7 Å². The molecule has 0 saturated carbocycles. The minimum absolute atomic E-state index is 0.124. The van der Waals surface area contributed by atoms with Crippen LogP contribution in [0.4, 0.5) is 14.5 Å². The summed E-state index contributed by atoms with van der Waals surface area (Å²) >= 11 is 1.37. The Labute approximate surface area is 117 Å². The first-order valence-corrected chi connectivity index (χ1v) is 6.56. The second kappa shape index (κ2) is 6.25. The van der Waals surface area contributed by atoms with Crippen molar-refractivity contribution in [1.82, 2.24) is 5.32 Å². The molecule has 0 spiro atoms. The van der Waals surface area contributed by atoms with Crippen LogP contribution < -0.4 is 10.6 Å². The molecule has 1 aromatic heterocycles. The fourth-order valence-electron chi connectivity index (χ4n) is 1.44. The van der Waals surface area contributed by atoms with Crippen LogP contribution in [0.2, 0.25) is 0 Å². The highest BCUT2D eigenvalue weighted by Crippen LogP contribution is 2.12. The Balaban J connectivity index is 1.86. The van der Waals surface area contributed by atoms with Gasteiger partial charge in [0.2, 0.25) is 5.91 Å². The van der Waals surface area contributed by atoms with Crippen molar-refractivity contribution in [2.45, 2.75) is 0 Å². The third kappa shape index (κ3) is 3.61. The predicted molar refractivity (Wildman–Crippen MR) is 71.6 cm³/mol. The van der Waals surface area contributed by atoms with Gasteiger partial charge in [-0.05, 0) is 23.6 Å². The number of carbonyl (C=O) groups excluding carboxylic acids is 2. The van der Waals surface area contributed by atoms with Gasteiger partial charge in [0.15, 0.2) is 11.6 Å². The molecule has 0 fully saturated rings. The van der Waals surface area contributed by atoms with E-state index in [0.717, 1.165) is 12.1 Å². The van der Waals surface area contributed by atoms with Gasteiger partial charge < -0.3 is 10.6 Å². The summed E-state index contributed by atoms with van der Waals surface area (Å²) in [5.74, 6) is -2.94. The topological polar surface area (TPSA) is 58.2 Å². The Morgan fingerprint density at radius 3 is 2.60 bits per heavy atom. The lowest BCUT2D eigenvalue weighted by molar-refractivity contribution is -0.115. The van der Waals surface area contributed by atoms with Crippen molar-refractivity contribution in [3.63, 3.8) is 0 Å². The molecule has 2 N–H and O–H groups in total. The summed E-state index contributed by atoms with van der Waals surface area (Å²) in [7, 11) is 0. The number of rotatable bonds is 4. The molecule has 0 bridgehead atoms. The van der Waals surface area contributed by atoms with Crippen LogP contribution >= 0.6 is 11.3 Å². The molecule has 0 aliphatic heterocycles. The summed E-state index contributed by atoms with van der Waals surface area (Å²) in [6.45, 7) is -0.256. The van der Waals surface area contributed by atoms with E-state index in [2.05, 4.69) is 10.6 Å². The van der Waals surface area contributed by atoms with Gasteiger partial charge in [-0.1, -0.05) is 0 Å². The second-order valence-electron chi connectivity index (χ2n) is 3.87. The molecule has 0 aliphatic rings. The molecule has 0 aliphatic carbocycles. The highest BCUT2D eigenvalue weighted by Gasteiger charge is 2.09. The quantitative estimate of drug-likeness (QED) is 0.910. The number of anilines is 1. The number of carbonyl (C=O) groups is 2. The molecule has 2 rings (SSSR count). The van der Waals surface area contributed by atoms with Crippen LogP contribution in [0.5, 0.6) is 0 Å². The summed E-state index contributed by atoms with van der Waals surface area (Å²) in [5.41, 5.74) is 0.592. The maximum Gasteiger partial charge on any atom is 0.252 e. The monoisotopic (exact) mass is 296 g/mol. The molecule has 1 aromatic carbocycles. The maximum absolute atomic E-state index is 12.9. The third-order valence-corrected chi connectivity index (χ3v) is 3.08. The summed E-state index contributed by atoms with van der Waals surface area (Å²) < 4.78 is 25.6. The van der Waals surface area contributed by atoms with E-state index in [1.807, 2.05) is 0 Å². The SMILES string of the molecule is O=C(CNC(=O)c1ccsc1)Nc1ccc(F)c(F)c1. The van der Waals surface area contributed by atoms with Gasteiger partial charge in [-0.2, -0.15) is 11.3 Å². The Morgan fingerprint density at radius 1 is 1.15 bits per heavy atom. The average molecular weight is 296 g/mol. The van der Waals surface area contributed by atoms with Crippen molar-refractivity contribution in [1.29, 1.82) is 0 Å². The number of thiophene rings is 1. The summed E-state index contributed by atoms with van der Waals surface area (Å²) in [6, 6.07) is 4.65. The van der Waals surface area contributed by atoms with Gasteiger partial charge in [-0.3, -0.25) is 9.59 Å². The molecule has 0 radical (unpaired) electrons. The normalized spacial score (nSPS) is 10.1. The molecule has 2 aromatic rings. The lowest BCUT2D eigenvalue weighted by atomic mass is 10.3. The first-order valence-electron chi connectivity index (χ1n) is 5.61. The average Bonchev–Trinajstić information content (AvgIpc) is 2.94. The van der Waals surface area contributed by atoms with Gasteiger partial charge in [0.25, 0.3) is 5.91 Å². The molecule has 1 heterocycles. The van der Waals surface area contributed by atoms with Crippen LogP contribution in [-0.2, 0) is 4.79 Å². The molecule has 0 unspecified atom stereocenters. The number of nitrogens with one attached hydrogen (secondary N) is 2. The van der Waals surface area contributed by atoms with Crippen molar-refractivity contribution < 1.29 is 18.4 Å². The van der Waals surface area contributed by atoms with Crippen LogP contribution in [0.1, 0.15) is 10.4 Å². The molecule has 0 saturated heterocycles. The lowest BCUT2D eigenvalue weighted by Gasteiger charge is -2.06. The standard InChI is InChI=1S/C13H10F2N2O2S/c14-10-2-1-9(5-11(10)15)17-12(18)6-16-13(19)8-3-4-20-7-8/h1-5,7H,6H2,(H,16,19)(H,17,18). The zero-order valence-electron chi connectivity index (χ0n) is 10.2. The van der Waals surface area contributed by atoms with E-state index in [1.54, 1.807) is 16.8 Å². The van der Waals surface area contributed by atoms with E-state index in [9.17, 15) is 18.4 Å². The van der Waals surface area contributed by atoms with Crippen molar-refractivity contribution in [2.24, 2.45) is 0 Å². The van der Waals surface area contributed by atoms with Crippen molar-refractivity contribution in [2.75, 3.05) is 11.9 Å².